The lowest BCUT2D eigenvalue weighted by atomic mass is 10.1. The molecule has 0 saturated carbocycles. The van der Waals surface area contributed by atoms with E-state index >= 15 is 0 Å². The average molecular weight is 522 g/mol. The summed E-state index contributed by atoms with van der Waals surface area (Å²) in [4.78, 5) is 23.5. The van der Waals surface area contributed by atoms with Gasteiger partial charge in [-0.15, -0.1) is 0 Å². The largest absolute Gasteiger partial charge is 0.331 e. The Morgan fingerprint density at radius 2 is 1.71 bits per heavy atom. The molecule has 0 aliphatic rings. The van der Waals surface area contributed by atoms with Gasteiger partial charge >= 0.3 is 6.03 Å². The number of carbonyl (C=O) groups excluding carboxylic acids is 2. The van der Waals surface area contributed by atoms with Crippen LogP contribution in [0.15, 0.2) is 65.6 Å². The SMILES string of the molecule is C[C@H](NC(=O)Nc1ccc(S(=O)(=O)Nc2ccc(NN)c(C=O)c2)cc1)c1cccc(Cl)c1Cl. The van der Waals surface area contributed by atoms with E-state index in [1.54, 1.807) is 25.1 Å². The predicted octanol–water partition coefficient (Wildman–Crippen LogP) is 4.78. The highest BCUT2D eigenvalue weighted by atomic mass is 35.5. The van der Waals surface area contributed by atoms with Crippen molar-refractivity contribution in [3.05, 3.63) is 81.8 Å². The molecule has 1 atom stereocenters. The maximum Gasteiger partial charge on any atom is 0.319 e. The van der Waals surface area contributed by atoms with Crippen LogP contribution in [0.5, 0.6) is 0 Å². The van der Waals surface area contributed by atoms with Crippen LogP contribution in [0.25, 0.3) is 0 Å². The van der Waals surface area contributed by atoms with Crippen molar-refractivity contribution in [1.82, 2.24) is 5.32 Å². The molecule has 3 aromatic carbocycles. The number of amides is 2. The highest BCUT2D eigenvalue weighted by Crippen LogP contribution is 2.30. The maximum atomic E-state index is 12.7. The molecule has 0 aliphatic heterocycles. The van der Waals surface area contributed by atoms with Crippen LogP contribution in [-0.4, -0.2) is 20.7 Å². The van der Waals surface area contributed by atoms with Gasteiger partial charge in [-0.25, -0.2) is 13.2 Å². The third kappa shape index (κ3) is 5.97. The normalized spacial score (nSPS) is 11.9. The Morgan fingerprint density at radius 3 is 2.35 bits per heavy atom. The molecule has 12 heteroatoms. The van der Waals surface area contributed by atoms with Gasteiger partial charge in [-0.1, -0.05) is 35.3 Å². The molecular formula is C22H21Cl2N5O4S. The smallest absolute Gasteiger partial charge is 0.319 e. The van der Waals surface area contributed by atoms with E-state index in [0.717, 1.165) is 0 Å². The first-order chi connectivity index (χ1) is 16.1. The zero-order valence-corrected chi connectivity index (χ0v) is 20.1. The minimum atomic E-state index is -3.94. The molecular weight excluding hydrogens is 501 g/mol. The number of hydrogen-bond donors (Lipinski definition) is 5. The average Bonchev–Trinajstić information content (AvgIpc) is 2.80. The van der Waals surface area contributed by atoms with Gasteiger partial charge in [0, 0.05) is 16.9 Å². The summed E-state index contributed by atoms with van der Waals surface area (Å²) in [6.07, 6.45) is 0.555. The molecule has 178 valence electrons. The summed E-state index contributed by atoms with van der Waals surface area (Å²) in [6.45, 7) is 1.75. The predicted molar refractivity (Wildman–Crippen MR) is 134 cm³/mol. The monoisotopic (exact) mass is 521 g/mol. The second kappa shape index (κ2) is 10.7. The third-order valence-electron chi connectivity index (χ3n) is 4.80. The van der Waals surface area contributed by atoms with Crippen LogP contribution in [-0.2, 0) is 10.0 Å². The Morgan fingerprint density at radius 1 is 1.03 bits per heavy atom. The van der Waals surface area contributed by atoms with Crippen LogP contribution in [0.2, 0.25) is 10.0 Å². The first-order valence-electron chi connectivity index (χ1n) is 9.84. The van der Waals surface area contributed by atoms with Gasteiger partial charge in [0.2, 0.25) is 0 Å². The van der Waals surface area contributed by atoms with Crippen molar-refractivity contribution in [3.8, 4) is 0 Å². The molecule has 0 aliphatic carbocycles. The number of sulfonamides is 1. The van der Waals surface area contributed by atoms with Crippen LogP contribution in [0.3, 0.4) is 0 Å². The number of urea groups is 1. The molecule has 0 unspecified atom stereocenters. The number of aldehydes is 1. The molecule has 0 heterocycles. The van der Waals surface area contributed by atoms with Crippen LogP contribution >= 0.6 is 23.2 Å². The standard InChI is InChI=1S/C22H21Cl2N5O4S/c1-13(18-3-2-4-19(23)21(18)24)26-22(31)27-15-5-8-17(9-6-15)34(32,33)29-16-7-10-20(28-25)14(11-16)12-30/h2-13,28-29H,25H2,1H3,(H2,26,27,31)/t13-/m0/s1. The van der Waals surface area contributed by atoms with Crippen molar-refractivity contribution in [3.63, 3.8) is 0 Å². The lowest BCUT2D eigenvalue weighted by Gasteiger charge is -2.17. The van der Waals surface area contributed by atoms with E-state index in [1.807, 2.05) is 0 Å². The lowest BCUT2D eigenvalue weighted by molar-refractivity contribution is 0.112. The molecule has 0 bridgehead atoms. The van der Waals surface area contributed by atoms with Crippen molar-refractivity contribution in [2.75, 3.05) is 15.5 Å². The highest BCUT2D eigenvalue weighted by molar-refractivity contribution is 7.92. The highest BCUT2D eigenvalue weighted by Gasteiger charge is 2.17. The Labute approximate surface area is 206 Å². The van der Waals surface area contributed by atoms with Crippen molar-refractivity contribution in [1.29, 1.82) is 0 Å². The molecule has 3 aromatic rings. The van der Waals surface area contributed by atoms with Crippen LogP contribution in [0.4, 0.5) is 21.9 Å². The van der Waals surface area contributed by atoms with Crippen molar-refractivity contribution < 1.29 is 18.0 Å². The Bertz CT molecular complexity index is 1320. The minimum absolute atomic E-state index is 0.0359. The van der Waals surface area contributed by atoms with Gasteiger partial charge in [-0.3, -0.25) is 15.4 Å². The number of hydrazine groups is 1. The van der Waals surface area contributed by atoms with E-state index in [-0.39, 0.29) is 16.1 Å². The number of rotatable bonds is 8. The van der Waals surface area contributed by atoms with Crippen molar-refractivity contribution >= 4 is 62.6 Å². The van der Waals surface area contributed by atoms with E-state index in [2.05, 4.69) is 20.8 Å². The van der Waals surface area contributed by atoms with E-state index in [4.69, 9.17) is 29.0 Å². The molecule has 0 spiro atoms. The number of halogens is 2. The number of nitrogens with two attached hydrogens (primary N) is 1. The second-order valence-electron chi connectivity index (χ2n) is 7.16. The second-order valence-corrected chi connectivity index (χ2v) is 9.62. The summed E-state index contributed by atoms with van der Waals surface area (Å²) in [5.41, 5.74) is 4.14. The summed E-state index contributed by atoms with van der Waals surface area (Å²) in [7, 11) is -3.94. The van der Waals surface area contributed by atoms with Crippen molar-refractivity contribution in [2.24, 2.45) is 5.84 Å². The number of nitrogens with one attached hydrogen (secondary N) is 4. The van der Waals surface area contributed by atoms with Gasteiger partial charge in [0.15, 0.2) is 6.29 Å². The van der Waals surface area contributed by atoms with E-state index in [9.17, 15) is 18.0 Å². The number of anilines is 3. The van der Waals surface area contributed by atoms with E-state index in [1.165, 1.54) is 42.5 Å². The zero-order chi connectivity index (χ0) is 24.9. The quantitative estimate of drug-likeness (QED) is 0.164. The fourth-order valence-corrected chi connectivity index (χ4v) is 4.60. The summed E-state index contributed by atoms with van der Waals surface area (Å²) < 4.78 is 27.8. The summed E-state index contributed by atoms with van der Waals surface area (Å²) in [6, 6.07) is 14.1. The fraction of sp³-hybridized carbons (Fsp3) is 0.0909. The fourth-order valence-electron chi connectivity index (χ4n) is 3.08. The molecule has 6 N–H and O–H groups in total. The Kier molecular flexibility index (Phi) is 8.00. The first kappa shape index (κ1) is 25.3. The van der Waals surface area contributed by atoms with Crippen molar-refractivity contribution in [2.45, 2.75) is 17.9 Å². The summed E-state index contributed by atoms with van der Waals surface area (Å²) in [5, 5.41) is 6.12. The number of carbonyl (C=O) groups is 2. The van der Waals surface area contributed by atoms with Gasteiger partial charge < -0.3 is 16.1 Å². The summed E-state index contributed by atoms with van der Waals surface area (Å²) >= 11 is 12.2. The van der Waals surface area contributed by atoms with Crippen LogP contribution in [0.1, 0.15) is 28.9 Å². The molecule has 0 fully saturated rings. The molecule has 0 saturated heterocycles. The molecule has 2 amide bonds. The third-order valence-corrected chi connectivity index (χ3v) is 7.04. The maximum absolute atomic E-state index is 12.7. The van der Waals surface area contributed by atoms with Crippen LogP contribution in [0, 0.1) is 0 Å². The lowest BCUT2D eigenvalue weighted by Crippen LogP contribution is -2.31. The first-order valence-corrected chi connectivity index (χ1v) is 12.1. The minimum Gasteiger partial charge on any atom is -0.331 e. The molecule has 9 nitrogen and oxygen atoms in total. The number of nitrogen functional groups attached to an aromatic ring is 1. The van der Waals surface area contributed by atoms with Crippen LogP contribution < -0.4 is 26.6 Å². The number of hydrogen-bond acceptors (Lipinski definition) is 6. The van der Waals surface area contributed by atoms with Gasteiger partial charge in [0.05, 0.1) is 26.7 Å². The van der Waals surface area contributed by atoms with E-state index in [0.29, 0.717) is 33.3 Å². The summed E-state index contributed by atoms with van der Waals surface area (Å²) in [5.74, 6) is 5.32. The van der Waals surface area contributed by atoms with Gasteiger partial charge in [0.25, 0.3) is 10.0 Å². The molecule has 34 heavy (non-hydrogen) atoms. The zero-order valence-electron chi connectivity index (χ0n) is 17.8. The number of benzene rings is 3. The topological polar surface area (TPSA) is 142 Å². The molecule has 0 radical (unpaired) electrons. The molecule has 0 aromatic heterocycles. The van der Waals surface area contributed by atoms with Gasteiger partial charge in [-0.05, 0) is 61.0 Å². The Hall–Kier alpha value is -3.31. The van der Waals surface area contributed by atoms with Gasteiger partial charge in [-0.2, -0.15) is 0 Å². The molecule has 3 rings (SSSR count). The van der Waals surface area contributed by atoms with Gasteiger partial charge in [0.1, 0.15) is 0 Å². The van der Waals surface area contributed by atoms with E-state index < -0.39 is 22.1 Å². The Balaban J connectivity index is 1.66.